The van der Waals surface area contributed by atoms with Crippen LogP contribution in [0.2, 0.25) is 0 Å². The molecule has 5 nitrogen and oxygen atoms in total. The third-order valence-corrected chi connectivity index (χ3v) is 3.57. The Balaban J connectivity index is 1.92. The molecule has 0 unspecified atom stereocenters. The fourth-order valence-electron chi connectivity index (χ4n) is 2.56. The second-order valence-corrected chi connectivity index (χ2v) is 4.97. The van der Waals surface area contributed by atoms with Gasteiger partial charge in [-0.3, -0.25) is 0 Å². The predicted molar refractivity (Wildman–Crippen MR) is 87.0 cm³/mol. The Morgan fingerprint density at radius 1 is 0.909 bits per heavy atom. The number of rotatable bonds is 2. The first-order valence-corrected chi connectivity index (χ1v) is 6.93. The van der Waals surface area contributed by atoms with E-state index in [1.807, 2.05) is 36.4 Å². The minimum atomic E-state index is 0.257. The number of nitrogens with two attached hydrogens (primary N) is 1. The van der Waals surface area contributed by atoms with Gasteiger partial charge in [-0.05, 0) is 29.3 Å². The Morgan fingerprint density at radius 2 is 1.73 bits per heavy atom. The zero-order chi connectivity index (χ0) is 14.9. The molecule has 0 fully saturated rings. The van der Waals surface area contributed by atoms with Gasteiger partial charge in [-0.25, -0.2) is 15.0 Å². The molecule has 3 aromatic heterocycles. The molecule has 0 aliphatic heterocycles. The summed E-state index contributed by atoms with van der Waals surface area (Å²) >= 11 is 0. The molecule has 0 aliphatic carbocycles. The second-order valence-electron chi connectivity index (χ2n) is 4.97. The summed E-state index contributed by atoms with van der Waals surface area (Å²) in [5.74, 6) is 0.257. The van der Waals surface area contributed by atoms with Crippen molar-refractivity contribution in [3.8, 4) is 22.5 Å². The van der Waals surface area contributed by atoms with Crippen LogP contribution in [0.3, 0.4) is 0 Å². The summed E-state index contributed by atoms with van der Waals surface area (Å²) in [6.45, 7) is 0. The van der Waals surface area contributed by atoms with E-state index >= 15 is 0 Å². The standard InChI is InChI=1S/C17H13N5/c18-17-20-9-7-14(22-17)15-10-13-12(6-8-19-16(13)21-15)11-4-2-1-3-5-11/h1-10H,(H,19,21)(H2,18,20,22). The molecule has 0 bridgehead atoms. The monoisotopic (exact) mass is 287 g/mol. The van der Waals surface area contributed by atoms with E-state index in [0.29, 0.717) is 0 Å². The molecule has 0 spiro atoms. The van der Waals surface area contributed by atoms with Crippen LogP contribution in [-0.4, -0.2) is 19.9 Å². The van der Waals surface area contributed by atoms with E-state index in [0.717, 1.165) is 33.5 Å². The van der Waals surface area contributed by atoms with E-state index in [1.165, 1.54) is 0 Å². The quantitative estimate of drug-likeness (QED) is 0.593. The van der Waals surface area contributed by atoms with Crippen molar-refractivity contribution in [2.24, 2.45) is 0 Å². The molecule has 0 saturated carbocycles. The van der Waals surface area contributed by atoms with Gasteiger partial charge in [0.15, 0.2) is 0 Å². The van der Waals surface area contributed by atoms with Crippen molar-refractivity contribution in [3.63, 3.8) is 0 Å². The average molecular weight is 287 g/mol. The molecule has 106 valence electrons. The molecule has 3 N–H and O–H groups in total. The van der Waals surface area contributed by atoms with Gasteiger partial charge in [-0.2, -0.15) is 0 Å². The molecule has 4 aromatic rings. The third kappa shape index (κ3) is 2.09. The van der Waals surface area contributed by atoms with Crippen molar-refractivity contribution in [1.82, 2.24) is 19.9 Å². The number of fused-ring (bicyclic) bond motifs is 1. The number of H-pyrrole nitrogens is 1. The van der Waals surface area contributed by atoms with Gasteiger partial charge in [0.1, 0.15) is 5.65 Å². The molecule has 0 radical (unpaired) electrons. The van der Waals surface area contributed by atoms with Crippen LogP contribution in [0.5, 0.6) is 0 Å². The van der Waals surface area contributed by atoms with Gasteiger partial charge < -0.3 is 10.7 Å². The molecule has 4 rings (SSSR count). The lowest BCUT2D eigenvalue weighted by molar-refractivity contribution is 1.18. The molecule has 3 heterocycles. The van der Waals surface area contributed by atoms with Gasteiger partial charge in [0.2, 0.25) is 5.95 Å². The minimum absolute atomic E-state index is 0.257. The Kier molecular flexibility index (Phi) is 2.83. The third-order valence-electron chi connectivity index (χ3n) is 3.57. The van der Waals surface area contributed by atoms with Gasteiger partial charge in [-0.15, -0.1) is 0 Å². The number of nitrogens with zero attached hydrogens (tertiary/aromatic N) is 3. The van der Waals surface area contributed by atoms with Gasteiger partial charge in [-0.1, -0.05) is 30.3 Å². The highest BCUT2D eigenvalue weighted by Crippen LogP contribution is 2.30. The predicted octanol–water partition coefficient (Wildman–Crippen LogP) is 3.27. The highest BCUT2D eigenvalue weighted by atomic mass is 15.0. The zero-order valence-electron chi connectivity index (χ0n) is 11.7. The smallest absolute Gasteiger partial charge is 0.220 e. The Labute approximate surface area is 126 Å². The summed E-state index contributed by atoms with van der Waals surface area (Å²) in [5.41, 5.74) is 10.4. The molecular formula is C17H13N5. The van der Waals surface area contributed by atoms with Crippen molar-refractivity contribution in [2.45, 2.75) is 0 Å². The van der Waals surface area contributed by atoms with Crippen molar-refractivity contribution < 1.29 is 0 Å². The highest BCUT2D eigenvalue weighted by Gasteiger charge is 2.10. The SMILES string of the molecule is Nc1nccc(-c2cc3c(-c4ccccc4)ccnc3[nH]2)n1. The van der Waals surface area contributed by atoms with Crippen LogP contribution in [0.25, 0.3) is 33.5 Å². The van der Waals surface area contributed by atoms with Crippen molar-refractivity contribution in [2.75, 3.05) is 5.73 Å². The largest absolute Gasteiger partial charge is 0.368 e. The maximum atomic E-state index is 5.66. The van der Waals surface area contributed by atoms with Crippen molar-refractivity contribution >= 4 is 17.0 Å². The molecule has 22 heavy (non-hydrogen) atoms. The number of hydrogen-bond acceptors (Lipinski definition) is 4. The summed E-state index contributed by atoms with van der Waals surface area (Å²) in [7, 11) is 0. The van der Waals surface area contributed by atoms with Gasteiger partial charge in [0.05, 0.1) is 11.4 Å². The number of nitrogens with one attached hydrogen (secondary N) is 1. The fourth-order valence-corrected chi connectivity index (χ4v) is 2.56. The summed E-state index contributed by atoms with van der Waals surface area (Å²) in [6.07, 6.45) is 3.45. The van der Waals surface area contributed by atoms with Crippen LogP contribution in [0.15, 0.2) is 60.9 Å². The number of anilines is 1. The van der Waals surface area contributed by atoms with Gasteiger partial charge in [0.25, 0.3) is 0 Å². The number of pyridine rings is 1. The lowest BCUT2D eigenvalue weighted by Gasteiger charge is -2.02. The second kappa shape index (κ2) is 4.96. The summed E-state index contributed by atoms with van der Waals surface area (Å²) in [6, 6.07) is 16.1. The van der Waals surface area contributed by atoms with Crippen LogP contribution in [0.4, 0.5) is 5.95 Å². The van der Waals surface area contributed by atoms with Crippen LogP contribution in [0.1, 0.15) is 0 Å². The Morgan fingerprint density at radius 3 is 2.55 bits per heavy atom. The molecular weight excluding hydrogens is 274 g/mol. The molecule has 0 saturated heterocycles. The van der Waals surface area contributed by atoms with Gasteiger partial charge in [0, 0.05) is 17.8 Å². The minimum Gasteiger partial charge on any atom is -0.368 e. The normalized spacial score (nSPS) is 10.9. The topological polar surface area (TPSA) is 80.5 Å². The fraction of sp³-hybridized carbons (Fsp3) is 0. The first-order valence-electron chi connectivity index (χ1n) is 6.93. The van der Waals surface area contributed by atoms with Crippen LogP contribution in [0, 0.1) is 0 Å². The van der Waals surface area contributed by atoms with Crippen molar-refractivity contribution in [3.05, 3.63) is 60.9 Å². The Hall–Kier alpha value is -3.21. The van der Waals surface area contributed by atoms with Crippen LogP contribution in [-0.2, 0) is 0 Å². The Bertz CT molecular complexity index is 944. The van der Waals surface area contributed by atoms with E-state index < -0.39 is 0 Å². The highest BCUT2D eigenvalue weighted by molar-refractivity contribution is 5.95. The van der Waals surface area contributed by atoms with E-state index in [2.05, 4.69) is 32.1 Å². The zero-order valence-corrected chi connectivity index (χ0v) is 11.7. The first-order chi connectivity index (χ1) is 10.8. The number of hydrogen-bond donors (Lipinski definition) is 2. The van der Waals surface area contributed by atoms with E-state index in [-0.39, 0.29) is 5.95 Å². The molecule has 5 heteroatoms. The summed E-state index contributed by atoms with van der Waals surface area (Å²) in [4.78, 5) is 15.9. The average Bonchev–Trinajstić information content (AvgIpc) is 3.00. The number of aromatic nitrogens is 4. The molecule has 0 amide bonds. The van der Waals surface area contributed by atoms with E-state index in [4.69, 9.17) is 5.73 Å². The molecule has 0 atom stereocenters. The maximum absolute atomic E-state index is 5.66. The first kappa shape index (κ1) is 12.5. The van der Waals surface area contributed by atoms with Crippen LogP contribution >= 0.6 is 0 Å². The van der Waals surface area contributed by atoms with E-state index in [9.17, 15) is 0 Å². The summed E-state index contributed by atoms with van der Waals surface area (Å²) < 4.78 is 0. The van der Waals surface area contributed by atoms with Crippen molar-refractivity contribution in [1.29, 1.82) is 0 Å². The van der Waals surface area contributed by atoms with Gasteiger partial charge >= 0.3 is 0 Å². The lowest BCUT2D eigenvalue weighted by Crippen LogP contribution is -1.94. The van der Waals surface area contributed by atoms with E-state index in [1.54, 1.807) is 12.4 Å². The number of benzene rings is 1. The number of nitrogen functional groups attached to an aromatic ring is 1. The number of aromatic amines is 1. The lowest BCUT2D eigenvalue weighted by atomic mass is 10.0. The summed E-state index contributed by atoms with van der Waals surface area (Å²) in [5, 5.41) is 1.06. The molecule has 1 aromatic carbocycles. The van der Waals surface area contributed by atoms with Crippen LogP contribution < -0.4 is 5.73 Å². The molecule has 0 aliphatic rings. The maximum Gasteiger partial charge on any atom is 0.220 e.